The molecule has 0 aromatic heterocycles. The fourth-order valence-corrected chi connectivity index (χ4v) is 3.52. The number of amides is 2. The molecule has 0 aliphatic carbocycles. The fraction of sp³-hybridized carbons (Fsp3) is 0.619. The Morgan fingerprint density at radius 1 is 1.04 bits per heavy atom. The molecule has 1 aromatic carbocycles. The minimum Gasteiger partial charge on any atom is -0.491 e. The number of rotatable bonds is 5. The molecule has 1 saturated heterocycles. The lowest BCUT2D eigenvalue weighted by Gasteiger charge is -2.26. The van der Waals surface area contributed by atoms with Gasteiger partial charge in [-0.1, -0.05) is 26.0 Å². The minimum atomic E-state index is 0.175. The molecular weight excluding hydrogens is 344 g/mol. The van der Waals surface area contributed by atoms with Gasteiger partial charge in [0.2, 0.25) is 11.8 Å². The number of aryl methyl sites for hydroxylation is 1. The number of carbonyl (C=O) groups is 2. The molecule has 2 amide bonds. The molecule has 6 nitrogen and oxygen atoms in total. The normalized spacial score (nSPS) is 17.3. The Kier molecular flexibility index (Phi) is 6.72. The second-order valence-electron chi connectivity index (χ2n) is 7.70. The Morgan fingerprint density at radius 3 is 2.52 bits per heavy atom. The van der Waals surface area contributed by atoms with Crippen LogP contribution in [-0.4, -0.2) is 61.1 Å². The van der Waals surface area contributed by atoms with E-state index in [2.05, 4.69) is 19.9 Å². The molecule has 2 aliphatic heterocycles. The van der Waals surface area contributed by atoms with Crippen LogP contribution in [0.5, 0.6) is 5.75 Å². The highest BCUT2D eigenvalue weighted by Gasteiger charge is 2.21. The van der Waals surface area contributed by atoms with Crippen LogP contribution in [0.3, 0.4) is 0 Å². The molecule has 0 spiro atoms. The third-order valence-electron chi connectivity index (χ3n) is 5.03. The maximum absolute atomic E-state index is 12.5. The zero-order valence-corrected chi connectivity index (χ0v) is 16.4. The first-order chi connectivity index (χ1) is 13.0. The first-order valence-corrected chi connectivity index (χ1v) is 9.91. The summed E-state index contributed by atoms with van der Waals surface area (Å²) in [6.45, 7) is 8.45. The molecule has 3 rings (SSSR count). The standard InChI is InChI=1S/C21H30N2O4/c1-16(2)13-21(25)23-9-12-27-19-5-3-17(14-18(19)15-23)4-6-20(24)22-7-10-26-11-8-22/h3,5,14,16H,4,6-13,15H2,1-2H3. The van der Waals surface area contributed by atoms with Crippen molar-refractivity contribution in [3.63, 3.8) is 0 Å². The molecule has 148 valence electrons. The van der Waals surface area contributed by atoms with E-state index in [0.717, 1.165) is 16.9 Å². The van der Waals surface area contributed by atoms with E-state index in [-0.39, 0.29) is 11.8 Å². The Balaban J connectivity index is 1.62. The molecule has 0 radical (unpaired) electrons. The van der Waals surface area contributed by atoms with Crippen molar-refractivity contribution < 1.29 is 19.1 Å². The summed E-state index contributed by atoms with van der Waals surface area (Å²) < 4.78 is 11.1. The van der Waals surface area contributed by atoms with Gasteiger partial charge in [0.25, 0.3) is 0 Å². The summed E-state index contributed by atoms with van der Waals surface area (Å²) in [6, 6.07) is 6.08. The van der Waals surface area contributed by atoms with Gasteiger partial charge >= 0.3 is 0 Å². The van der Waals surface area contributed by atoms with Gasteiger partial charge in [-0.3, -0.25) is 9.59 Å². The van der Waals surface area contributed by atoms with Crippen molar-refractivity contribution in [2.75, 3.05) is 39.5 Å². The van der Waals surface area contributed by atoms with Gasteiger partial charge in [0.1, 0.15) is 12.4 Å². The van der Waals surface area contributed by atoms with Gasteiger partial charge in [0.05, 0.1) is 19.8 Å². The lowest BCUT2D eigenvalue weighted by molar-refractivity contribution is -0.135. The van der Waals surface area contributed by atoms with Crippen LogP contribution in [0.2, 0.25) is 0 Å². The lowest BCUT2D eigenvalue weighted by atomic mass is 10.0. The van der Waals surface area contributed by atoms with Crippen molar-refractivity contribution in [2.24, 2.45) is 5.92 Å². The van der Waals surface area contributed by atoms with Crippen molar-refractivity contribution in [3.05, 3.63) is 29.3 Å². The SMILES string of the molecule is CC(C)CC(=O)N1CCOc2ccc(CCC(=O)N3CCOCC3)cc2C1. The van der Waals surface area contributed by atoms with Crippen LogP contribution < -0.4 is 4.74 Å². The van der Waals surface area contributed by atoms with Gasteiger partial charge in [-0.05, 0) is 24.0 Å². The molecule has 2 aliphatic rings. The summed E-state index contributed by atoms with van der Waals surface area (Å²) in [5.41, 5.74) is 2.14. The second kappa shape index (κ2) is 9.22. The molecule has 2 heterocycles. The average molecular weight is 374 g/mol. The van der Waals surface area contributed by atoms with Crippen LogP contribution >= 0.6 is 0 Å². The minimum absolute atomic E-state index is 0.175. The highest BCUT2D eigenvalue weighted by Crippen LogP contribution is 2.25. The van der Waals surface area contributed by atoms with Crippen molar-refractivity contribution >= 4 is 11.8 Å². The fourth-order valence-electron chi connectivity index (χ4n) is 3.52. The maximum Gasteiger partial charge on any atom is 0.223 e. The number of nitrogens with zero attached hydrogens (tertiary/aromatic N) is 2. The van der Waals surface area contributed by atoms with Gasteiger partial charge < -0.3 is 19.3 Å². The van der Waals surface area contributed by atoms with Gasteiger partial charge in [-0.2, -0.15) is 0 Å². The molecule has 27 heavy (non-hydrogen) atoms. The highest BCUT2D eigenvalue weighted by atomic mass is 16.5. The van der Waals surface area contributed by atoms with E-state index in [1.54, 1.807) is 0 Å². The molecular formula is C21H30N2O4. The summed E-state index contributed by atoms with van der Waals surface area (Å²) in [5.74, 6) is 1.55. The van der Waals surface area contributed by atoms with Crippen molar-refractivity contribution in [2.45, 2.75) is 39.7 Å². The van der Waals surface area contributed by atoms with E-state index in [9.17, 15) is 9.59 Å². The van der Waals surface area contributed by atoms with Crippen LogP contribution in [0.4, 0.5) is 0 Å². The summed E-state index contributed by atoms with van der Waals surface area (Å²) in [6.07, 6.45) is 1.75. The molecule has 1 fully saturated rings. The molecule has 0 unspecified atom stereocenters. The number of benzene rings is 1. The predicted molar refractivity (Wildman–Crippen MR) is 103 cm³/mol. The molecule has 1 aromatic rings. The topological polar surface area (TPSA) is 59.1 Å². The number of fused-ring (bicyclic) bond motifs is 1. The summed E-state index contributed by atoms with van der Waals surface area (Å²) in [4.78, 5) is 28.6. The van der Waals surface area contributed by atoms with Crippen molar-refractivity contribution in [1.82, 2.24) is 9.80 Å². The summed E-state index contributed by atoms with van der Waals surface area (Å²) in [5, 5.41) is 0. The predicted octanol–water partition coefficient (Wildman–Crippen LogP) is 2.25. The van der Waals surface area contributed by atoms with E-state index in [4.69, 9.17) is 9.47 Å². The second-order valence-corrected chi connectivity index (χ2v) is 7.70. The summed E-state index contributed by atoms with van der Waals surface area (Å²) in [7, 11) is 0. The van der Waals surface area contributed by atoms with Gasteiger partial charge in [-0.15, -0.1) is 0 Å². The third-order valence-corrected chi connectivity index (χ3v) is 5.03. The van der Waals surface area contributed by atoms with E-state index >= 15 is 0 Å². The number of hydrogen-bond acceptors (Lipinski definition) is 4. The zero-order valence-electron chi connectivity index (χ0n) is 16.4. The first kappa shape index (κ1) is 19.7. The lowest BCUT2D eigenvalue weighted by Crippen LogP contribution is -2.40. The van der Waals surface area contributed by atoms with Crippen LogP contribution in [-0.2, 0) is 27.3 Å². The molecule has 0 bridgehead atoms. The maximum atomic E-state index is 12.5. The largest absolute Gasteiger partial charge is 0.491 e. The zero-order chi connectivity index (χ0) is 19.2. The number of hydrogen-bond donors (Lipinski definition) is 0. The Morgan fingerprint density at radius 2 is 1.78 bits per heavy atom. The van der Waals surface area contributed by atoms with Crippen LogP contribution in [0.25, 0.3) is 0 Å². The quantitative estimate of drug-likeness (QED) is 0.793. The summed E-state index contributed by atoms with van der Waals surface area (Å²) >= 11 is 0. The number of ether oxygens (including phenoxy) is 2. The smallest absolute Gasteiger partial charge is 0.223 e. The third kappa shape index (κ3) is 5.45. The van der Waals surface area contributed by atoms with Gasteiger partial charge in [0.15, 0.2) is 0 Å². The van der Waals surface area contributed by atoms with Crippen LogP contribution in [0.1, 0.15) is 37.8 Å². The molecule has 0 saturated carbocycles. The molecule has 0 atom stereocenters. The van der Waals surface area contributed by atoms with E-state index in [1.165, 1.54) is 0 Å². The first-order valence-electron chi connectivity index (χ1n) is 9.91. The average Bonchev–Trinajstić information content (AvgIpc) is 2.88. The van der Waals surface area contributed by atoms with Crippen LogP contribution in [0, 0.1) is 5.92 Å². The van der Waals surface area contributed by atoms with E-state index in [1.807, 2.05) is 21.9 Å². The van der Waals surface area contributed by atoms with Crippen LogP contribution in [0.15, 0.2) is 18.2 Å². The Labute approximate surface area is 161 Å². The Hall–Kier alpha value is -2.08. The highest BCUT2D eigenvalue weighted by molar-refractivity contribution is 5.77. The molecule has 0 N–H and O–H groups in total. The van der Waals surface area contributed by atoms with E-state index < -0.39 is 0 Å². The molecule has 6 heteroatoms. The van der Waals surface area contributed by atoms with Crippen molar-refractivity contribution in [3.8, 4) is 5.75 Å². The van der Waals surface area contributed by atoms with Gasteiger partial charge in [0, 0.05) is 38.0 Å². The van der Waals surface area contributed by atoms with Gasteiger partial charge in [-0.25, -0.2) is 0 Å². The monoisotopic (exact) mass is 374 g/mol. The van der Waals surface area contributed by atoms with E-state index in [0.29, 0.717) is 71.2 Å². The van der Waals surface area contributed by atoms with Crippen molar-refractivity contribution in [1.29, 1.82) is 0 Å². The number of carbonyl (C=O) groups excluding carboxylic acids is 2. The Bertz CT molecular complexity index is 668. The number of morpholine rings is 1.